The van der Waals surface area contributed by atoms with E-state index in [-0.39, 0.29) is 30.6 Å². The molecular weight excluding hydrogens is 427 g/mol. The van der Waals surface area contributed by atoms with Crippen LogP contribution in [0.5, 0.6) is 0 Å². The van der Waals surface area contributed by atoms with Gasteiger partial charge in [0.1, 0.15) is 0 Å². The van der Waals surface area contributed by atoms with E-state index in [0.717, 1.165) is 30.2 Å². The number of rotatable bonds is 6. The van der Waals surface area contributed by atoms with Crippen LogP contribution < -0.4 is 0 Å². The second kappa shape index (κ2) is 9.41. The predicted molar refractivity (Wildman–Crippen MR) is 109 cm³/mol. The van der Waals surface area contributed by atoms with Gasteiger partial charge in [0.2, 0.25) is 0 Å². The van der Waals surface area contributed by atoms with Crippen molar-refractivity contribution in [1.82, 2.24) is 24.5 Å². The van der Waals surface area contributed by atoms with Gasteiger partial charge in [-0.1, -0.05) is 6.92 Å². The Kier molecular flexibility index (Phi) is 7.04. The summed E-state index contributed by atoms with van der Waals surface area (Å²) in [5, 5.41) is 3.50. The van der Waals surface area contributed by atoms with Crippen LogP contribution in [-0.2, 0) is 26.9 Å². The van der Waals surface area contributed by atoms with Gasteiger partial charge in [-0.15, -0.1) is 5.10 Å². The summed E-state index contributed by atoms with van der Waals surface area (Å²) in [6.07, 6.45) is -1.56. The number of alkyl halides is 3. The first-order chi connectivity index (χ1) is 15.0. The van der Waals surface area contributed by atoms with Crippen molar-refractivity contribution < 1.29 is 27.5 Å². The number of aromatic nitrogens is 4. The molecule has 3 heterocycles. The number of piperidine rings is 1. The lowest BCUT2D eigenvalue weighted by Gasteiger charge is -2.36. The van der Waals surface area contributed by atoms with E-state index in [9.17, 15) is 22.8 Å². The van der Waals surface area contributed by atoms with Crippen molar-refractivity contribution in [3.05, 3.63) is 22.8 Å². The van der Waals surface area contributed by atoms with Gasteiger partial charge in [-0.2, -0.15) is 18.2 Å². The van der Waals surface area contributed by atoms with E-state index in [2.05, 4.69) is 15.1 Å². The van der Waals surface area contributed by atoms with Crippen LogP contribution in [0.25, 0.3) is 5.78 Å². The highest BCUT2D eigenvalue weighted by Crippen LogP contribution is 2.27. The molecule has 1 fully saturated rings. The number of carbonyl (C=O) groups excluding carboxylic acids is 2. The van der Waals surface area contributed by atoms with Crippen LogP contribution >= 0.6 is 0 Å². The number of aryl methyl sites for hydroxylation is 2. The third kappa shape index (κ3) is 5.02. The van der Waals surface area contributed by atoms with Crippen LogP contribution in [0.4, 0.5) is 13.2 Å². The Hall–Kier alpha value is -2.72. The van der Waals surface area contributed by atoms with Crippen molar-refractivity contribution >= 4 is 17.7 Å². The van der Waals surface area contributed by atoms with Gasteiger partial charge in [0, 0.05) is 30.4 Å². The van der Waals surface area contributed by atoms with E-state index in [1.807, 2.05) is 6.92 Å². The van der Waals surface area contributed by atoms with E-state index in [0.29, 0.717) is 23.5 Å². The lowest BCUT2D eigenvalue weighted by atomic mass is 9.99. The van der Waals surface area contributed by atoms with Gasteiger partial charge in [-0.25, -0.2) is 9.50 Å². The maximum Gasteiger partial charge on any atom is 0.453 e. The normalized spacial score (nSPS) is 18.1. The predicted octanol–water partition coefficient (Wildman–Crippen LogP) is 3.42. The zero-order valence-corrected chi connectivity index (χ0v) is 18.7. The van der Waals surface area contributed by atoms with E-state index >= 15 is 0 Å². The fourth-order valence-corrected chi connectivity index (χ4v) is 4.17. The van der Waals surface area contributed by atoms with Crippen molar-refractivity contribution in [2.75, 3.05) is 6.54 Å². The molecule has 1 aliphatic rings. The largest absolute Gasteiger partial charge is 0.453 e. The van der Waals surface area contributed by atoms with Gasteiger partial charge in [-0.05, 0) is 58.4 Å². The number of halogens is 3. The molecule has 8 nitrogen and oxygen atoms in total. The van der Waals surface area contributed by atoms with Crippen molar-refractivity contribution in [2.24, 2.45) is 0 Å². The summed E-state index contributed by atoms with van der Waals surface area (Å²) < 4.78 is 45.2. The number of esters is 1. The summed E-state index contributed by atoms with van der Waals surface area (Å²) in [6.45, 7) is 7.52. The molecule has 0 bridgehead atoms. The molecule has 1 amide bonds. The molecule has 11 heteroatoms. The molecule has 0 saturated carbocycles. The number of hydrogen-bond donors (Lipinski definition) is 0. The Labute approximate surface area is 184 Å². The lowest BCUT2D eigenvalue weighted by molar-refractivity contribution is -0.161. The highest BCUT2D eigenvalue weighted by Gasteiger charge is 2.37. The molecular formula is C21H28F3N5O3. The van der Waals surface area contributed by atoms with Crippen molar-refractivity contribution in [2.45, 2.75) is 84.5 Å². The van der Waals surface area contributed by atoms with Crippen LogP contribution in [0.3, 0.4) is 0 Å². The quantitative estimate of drug-likeness (QED) is 0.620. The highest BCUT2D eigenvalue weighted by atomic mass is 19.4. The van der Waals surface area contributed by atoms with Crippen LogP contribution in [0.15, 0.2) is 0 Å². The van der Waals surface area contributed by atoms with Gasteiger partial charge in [0.25, 0.3) is 17.5 Å². The maximum absolute atomic E-state index is 12.9. The van der Waals surface area contributed by atoms with Gasteiger partial charge >= 0.3 is 12.1 Å². The highest BCUT2D eigenvalue weighted by molar-refractivity contribution is 5.83. The van der Waals surface area contributed by atoms with Gasteiger partial charge in [0.05, 0.1) is 0 Å². The van der Waals surface area contributed by atoms with E-state index in [1.165, 1.54) is 0 Å². The molecule has 1 aliphatic heterocycles. The molecule has 0 aromatic carbocycles. The zero-order chi connectivity index (χ0) is 23.6. The Morgan fingerprint density at radius 1 is 1.22 bits per heavy atom. The monoisotopic (exact) mass is 455 g/mol. The first-order valence-electron chi connectivity index (χ1n) is 10.8. The summed E-state index contributed by atoms with van der Waals surface area (Å²) in [6, 6.07) is 0.171. The summed E-state index contributed by atoms with van der Waals surface area (Å²) in [4.78, 5) is 34.5. The molecule has 2 atom stereocenters. The second-order valence-corrected chi connectivity index (χ2v) is 8.13. The minimum Gasteiger partial charge on any atom is -0.453 e. The van der Waals surface area contributed by atoms with Crippen LogP contribution in [0.2, 0.25) is 0 Å². The molecule has 0 radical (unpaired) electrons. The SMILES string of the molecule is CCC1CCCCN1C(=O)C(C)OC(=O)CCc1c(C)nc2nc(C(F)(F)F)nn2c1C. The third-order valence-corrected chi connectivity index (χ3v) is 5.92. The lowest BCUT2D eigenvalue weighted by Crippen LogP contribution is -2.48. The minimum atomic E-state index is -4.67. The zero-order valence-electron chi connectivity index (χ0n) is 18.7. The van der Waals surface area contributed by atoms with E-state index in [1.54, 1.807) is 25.7 Å². The van der Waals surface area contributed by atoms with Crippen molar-refractivity contribution in [3.8, 4) is 0 Å². The number of carbonyl (C=O) groups is 2. The Morgan fingerprint density at radius 2 is 1.94 bits per heavy atom. The average molecular weight is 455 g/mol. The first kappa shape index (κ1) is 23.9. The molecule has 2 aromatic rings. The van der Waals surface area contributed by atoms with Crippen molar-refractivity contribution in [1.29, 1.82) is 0 Å². The molecule has 0 N–H and O–H groups in total. The molecule has 32 heavy (non-hydrogen) atoms. The standard InChI is InChI=1S/C21H28F3N5O3/c1-5-15-8-6-7-11-28(15)18(31)14(4)32-17(30)10-9-16-12(2)25-20-26-19(21(22,23)24)27-29(20)13(16)3/h14-15H,5-11H2,1-4H3. The molecule has 3 rings (SSSR count). The first-order valence-corrected chi connectivity index (χ1v) is 10.8. The van der Waals surface area contributed by atoms with Gasteiger partial charge in [0.15, 0.2) is 6.10 Å². The summed E-state index contributed by atoms with van der Waals surface area (Å²) >= 11 is 0. The van der Waals surface area contributed by atoms with E-state index < -0.39 is 24.1 Å². The van der Waals surface area contributed by atoms with E-state index in [4.69, 9.17) is 4.74 Å². The third-order valence-electron chi connectivity index (χ3n) is 5.92. The van der Waals surface area contributed by atoms with Crippen molar-refractivity contribution in [3.63, 3.8) is 0 Å². The second-order valence-electron chi connectivity index (χ2n) is 8.13. The number of nitrogens with zero attached hydrogens (tertiary/aromatic N) is 5. The maximum atomic E-state index is 12.9. The molecule has 0 aliphatic carbocycles. The minimum absolute atomic E-state index is 0.0372. The average Bonchev–Trinajstić information content (AvgIpc) is 3.17. The number of amides is 1. The Bertz CT molecular complexity index is 1000. The molecule has 2 aromatic heterocycles. The smallest absolute Gasteiger partial charge is 0.453 e. The fraction of sp³-hybridized carbons (Fsp3) is 0.667. The molecule has 0 spiro atoms. The summed E-state index contributed by atoms with van der Waals surface area (Å²) in [7, 11) is 0. The van der Waals surface area contributed by atoms with Crippen LogP contribution in [-0.4, -0.2) is 55.0 Å². The topological polar surface area (TPSA) is 89.7 Å². The van der Waals surface area contributed by atoms with Gasteiger partial charge in [-0.3, -0.25) is 9.59 Å². The Balaban J connectivity index is 1.66. The number of ether oxygens (including phenoxy) is 1. The number of fused-ring (bicyclic) bond motifs is 1. The molecule has 1 saturated heterocycles. The fourth-order valence-electron chi connectivity index (χ4n) is 4.17. The number of likely N-dealkylation sites (tertiary alicyclic amines) is 1. The number of hydrogen-bond acceptors (Lipinski definition) is 6. The summed E-state index contributed by atoms with van der Waals surface area (Å²) in [5.74, 6) is -2.16. The van der Waals surface area contributed by atoms with Crippen LogP contribution in [0.1, 0.15) is 68.7 Å². The molecule has 176 valence electrons. The summed E-state index contributed by atoms with van der Waals surface area (Å²) in [5.41, 5.74) is 1.48. The molecule has 2 unspecified atom stereocenters. The van der Waals surface area contributed by atoms with Crippen LogP contribution in [0, 0.1) is 13.8 Å². The van der Waals surface area contributed by atoms with Gasteiger partial charge < -0.3 is 9.64 Å². The Morgan fingerprint density at radius 3 is 2.59 bits per heavy atom.